The van der Waals surface area contributed by atoms with Gasteiger partial charge in [0.25, 0.3) is 0 Å². The molecule has 2 nitrogen and oxygen atoms in total. The number of rotatable bonds is 12. The van der Waals surface area contributed by atoms with E-state index in [1.165, 1.54) is 27.1 Å². The van der Waals surface area contributed by atoms with Gasteiger partial charge in [0.1, 0.15) is 0 Å². The average molecular weight is 707 g/mol. The van der Waals surface area contributed by atoms with E-state index >= 15 is 0 Å². The summed E-state index contributed by atoms with van der Waals surface area (Å²) in [4.78, 5) is 4.71. The van der Waals surface area contributed by atoms with Gasteiger partial charge in [0, 0.05) is 0 Å². The Morgan fingerprint density at radius 3 is 1.77 bits per heavy atom. The minimum absolute atomic E-state index is 0.0180. The normalized spacial score (nSPS) is 15.1. The van der Waals surface area contributed by atoms with Crippen molar-refractivity contribution < 1.29 is 4.43 Å². The van der Waals surface area contributed by atoms with E-state index in [1.807, 2.05) is 0 Å². The SMILES string of the molecule is C/C(=C/C[C@H](O[Si](C)(C)C(C)(C)C)/C(C)=C/c1csc(C)n1)CCP(Br)(c1ccccc1)(c1ccccc1)c1ccccc1. The van der Waals surface area contributed by atoms with Gasteiger partial charge < -0.3 is 0 Å². The molecular weight excluding hydrogens is 657 g/mol. The van der Waals surface area contributed by atoms with Crippen molar-refractivity contribution in [2.45, 2.75) is 78.6 Å². The molecule has 4 aromatic rings. The summed E-state index contributed by atoms with van der Waals surface area (Å²) >= 11 is 6.32. The second-order valence-electron chi connectivity index (χ2n) is 13.5. The Labute approximate surface area is 279 Å². The first-order valence-corrected chi connectivity index (χ1v) is 23.8. The van der Waals surface area contributed by atoms with Crippen LogP contribution in [0.5, 0.6) is 0 Å². The Morgan fingerprint density at radius 2 is 1.36 bits per heavy atom. The van der Waals surface area contributed by atoms with E-state index < -0.39 is 13.6 Å². The first-order chi connectivity index (χ1) is 20.7. The van der Waals surface area contributed by atoms with Gasteiger partial charge >= 0.3 is 281 Å². The average Bonchev–Trinajstić information content (AvgIpc) is 3.42. The van der Waals surface area contributed by atoms with Crippen molar-refractivity contribution in [2.75, 3.05) is 6.16 Å². The van der Waals surface area contributed by atoms with Gasteiger partial charge in [-0.05, 0) is 0 Å². The second-order valence-corrected chi connectivity index (χ2v) is 28.4. The van der Waals surface area contributed by atoms with Crippen LogP contribution >= 0.6 is 32.1 Å². The van der Waals surface area contributed by atoms with Crippen LogP contribution in [0.1, 0.15) is 58.2 Å². The predicted octanol–water partition coefficient (Wildman–Crippen LogP) is 10.8. The van der Waals surface area contributed by atoms with E-state index in [9.17, 15) is 0 Å². The van der Waals surface area contributed by atoms with E-state index in [-0.39, 0.29) is 11.1 Å². The second kappa shape index (κ2) is 14.1. The number of benzene rings is 3. The van der Waals surface area contributed by atoms with Crippen molar-refractivity contribution in [3.63, 3.8) is 0 Å². The molecule has 0 aliphatic heterocycles. The molecule has 44 heavy (non-hydrogen) atoms. The molecule has 0 bridgehead atoms. The molecule has 0 radical (unpaired) electrons. The van der Waals surface area contributed by atoms with Crippen molar-refractivity contribution in [2.24, 2.45) is 0 Å². The van der Waals surface area contributed by atoms with Gasteiger partial charge in [0.05, 0.1) is 0 Å². The number of thiazole rings is 1. The summed E-state index contributed by atoms with van der Waals surface area (Å²) in [6.45, 7) is 18.2. The Kier molecular flexibility index (Phi) is 11.1. The molecule has 0 amide bonds. The fourth-order valence-electron chi connectivity index (χ4n) is 5.48. The molecule has 0 spiro atoms. The molecule has 0 fully saturated rings. The molecule has 0 N–H and O–H groups in total. The Bertz CT molecular complexity index is 1480. The zero-order valence-corrected chi connectivity index (χ0v) is 32.0. The topological polar surface area (TPSA) is 22.1 Å². The fraction of sp³-hybridized carbons (Fsp3) is 0.342. The van der Waals surface area contributed by atoms with E-state index in [2.05, 4.69) is 179 Å². The molecule has 6 heteroatoms. The third-order valence-electron chi connectivity index (χ3n) is 9.25. The molecule has 0 unspecified atom stereocenters. The van der Waals surface area contributed by atoms with Gasteiger partial charge in [-0.1, -0.05) is 0 Å². The predicted molar refractivity (Wildman–Crippen MR) is 205 cm³/mol. The van der Waals surface area contributed by atoms with Crippen LogP contribution in [0, 0.1) is 6.92 Å². The molecule has 1 atom stereocenters. The monoisotopic (exact) mass is 705 g/mol. The molecule has 0 aliphatic rings. The number of hydrogen-bond acceptors (Lipinski definition) is 3. The maximum atomic E-state index is 7.07. The van der Waals surface area contributed by atoms with Crippen LogP contribution in [-0.2, 0) is 4.43 Å². The first kappa shape index (κ1) is 34.7. The zero-order chi connectivity index (χ0) is 32.0. The van der Waals surface area contributed by atoms with Gasteiger partial charge in [-0.2, -0.15) is 0 Å². The van der Waals surface area contributed by atoms with Crippen LogP contribution in [0.2, 0.25) is 18.1 Å². The zero-order valence-electron chi connectivity index (χ0n) is 27.7. The minimum atomic E-state index is -2.97. The number of aromatic nitrogens is 1. The van der Waals surface area contributed by atoms with Crippen molar-refractivity contribution in [3.8, 4) is 0 Å². The van der Waals surface area contributed by atoms with Crippen molar-refractivity contribution >= 4 is 62.4 Å². The van der Waals surface area contributed by atoms with Gasteiger partial charge in [-0.3, -0.25) is 0 Å². The molecule has 4 rings (SSSR count). The maximum absolute atomic E-state index is 7.07. The van der Waals surface area contributed by atoms with Gasteiger partial charge in [-0.25, -0.2) is 0 Å². The van der Waals surface area contributed by atoms with Crippen LogP contribution in [0.25, 0.3) is 6.08 Å². The molecule has 0 aliphatic carbocycles. The van der Waals surface area contributed by atoms with Gasteiger partial charge in [-0.15, -0.1) is 0 Å². The Morgan fingerprint density at radius 1 is 0.886 bits per heavy atom. The molecule has 234 valence electrons. The van der Waals surface area contributed by atoms with Crippen LogP contribution in [0.4, 0.5) is 0 Å². The standard InChI is InChI=1S/C38H49BrNOPSSi/c1-30(24-25-37(41-44(7,8)38(4,5)6)31(2)28-33-29-43-32(3)40-33)26-27-42(39,34-18-12-9-13-19-34,35-20-14-10-15-21-35)36-22-16-11-17-23-36/h9-24,28-29,37H,25-27H2,1-8H3/b30-24-,31-28+/t37-/m0/s1. The molecular formula is C38H49BrNOPSSi. The summed E-state index contributed by atoms with van der Waals surface area (Å²) < 4.78 is 7.07. The summed E-state index contributed by atoms with van der Waals surface area (Å²) in [6.07, 6.45) is 7.48. The summed E-state index contributed by atoms with van der Waals surface area (Å²) in [5.74, 6) is 0. The van der Waals surface area contributed by atoms with Gasteiger partial charge in [0.15, 0.2) is 0 Å². The summed E-state index contributed by atoms with van der Waals surface area (Å²) in [7, 11) is -2.00. The van der Waals surface area contributed by atoms with E-state index in [0.717, 1.165) is 29.7 Å². The van der Waals surface area contributed by atoms with Crippen molar-refractivity contribution in [1.29, 1.82) is 0 Å². The number of nitrogens with zero attached hydrogens (tertiary/aromatic N) is 1. The molecule has 1 aromatic heterocycles. The van der Waals surface area contributed by atoms with Crippen molar-refractivity contribution in [3.05, 3.63) is 124 Å². The van der Waals surface area contributed by atoms with Crippen LogP contribution in [0.3, 0.4) is 0 Å². The van der Waals surface area contributed by atoms with Crippen LogP contribution in [-0.4, -0.2) is 25.6 Å². The van der Waals surface area contributed by atoms with Crippen molar-refractivity contribution in [1.82, 2.24) is 4.98 Å². The third kappa shape index (κ3) is 7.62. The molecule has 0 saturated heterocycles. The van der Waals surface area contributed by atoms with Crippen LogP contribution < -0.4 is 15.9 Å². The third-order valence-corrected chi connectivity index (χ3v) is 24.5. The number of halogens is 1. The van der Waals surface area contributed by atoms with E-state index in [0.29, 0.717) is 0 Å². The summed E-state index contributed by atoms with van der Waals surface area (Å²) in [6, 6.07) is 33.2. The Balaban J connectivity index is 1.70. The van der Waals surface area contributed by atoms with E-state index in [4.69, 9.17) is 9.41 Å². The summed E-state index contributed by atoms with van der Waals surface area (Å²) in [5, 5.41) is 4.48. The first-order valence-electron chi connectivity index (χ1n) is 15.6. The quantitative estimate of drug-likeness (QED) is 0.0831. The van der Waals surface area contributed by atoms with Crippen LogP contribution in [0.15, 0.2) is 114 Å². The molecule has 1 heterocycles. The number of allylic oxidation sites excluding steroid dienone is 1. The number of aryl methyl sites for hydroxylation is 1. The summed E-state index contributed by atoms with van der Waals surface area (Å²) in [5.41, 5.74) is 3.66. The Hall–Kier alpha value is -2.14. The number of hydrogen-bond donors (Lipinski definition) is 0. The molecule has 3 aromatic carbocycles. The van der Waals surface area contributed by atoms with E-state index in [1.54, 1.807) is 11.3 Å². The van der Waals surface area contributed by atoms with Gasteiger partial charge in [0.2, 0.25) is 0 Å². The fourth-order valence-corrected chi connectivity index (χ4v) is 14.9. The molecule has 0 saturated carbocycles.